The van der Waals surface area contributed by atoms with E-state index < -0.39 is 12.0 Å². The second-order valence-electron chi connectivity index (χ2n) is 7.06. The smallest absolute Gasteiger partial charge is 0.430 e. The van der Waals surface area contributed by atoms with Gasteiger partial charge in [0, 0.05) is 0 Å². The summed E-state index contributed by atoms with van der Waals surface area (Å²) in [7, 11) is 0. The molecule has 8 nitrogen and oxygen atoms in total. The van der Waals surface area contributed by atoms with Crippen molar-refractivity contribution in [2.75, 3.05) is 12.0 Å². The molecule has 0 fully saturated rings. The fourth-order valence-electron chi connectivity index (χ4n) is 3.20. The maximum atomic E-state index is 12.0. The van der Waals surface area contributed by atoms with Gasteiger partial charge in [0.2, 0.25) is 0 Å². The van der Waals surface area contributed by atoms with E-state index in [0.717, 1.165) is 34.0 Å². The Morgan fingerprint density at radius 2 is 1.97 bits per heavy atom. The molecule has 2 aromatic rings. The third kappa shape index (κ3) is 6.19. The molecular formula is C24H26N4O4. The molecule has 0 aromatic heterocycles. The van der Waals surface area contributed by atoms with Crippen LogP contribution in [0.5, 0.6) is 5.75 Å². The highest BCUT2D eigenvalue weighted by Gasteiger charge is 2.21. The number of hydrogen-bond acceptors (Lipinski definition) is 7. The molecule has 0 spiro atoms. The van der Waals surface area contributed by atoms with Gasteiger partial charge in [-0.15, -0.1) is 11.5 Å². The van der Waals surface area contributed by atoms with E-state index in [2.05, 4.69) is 21.8 Å². The maximum absolute atomic E-state index is 12.0. The SMILES string of the molecule is C=CCc1cc(Cc2c(C)cc(N/N=C/C(=O)N(C#N)C(=O)OCC)cc2C)ccc1O. The lowest BCUT2D eigenvalue weighted by molar-refractivity contribution is -0.119. The minimum atomic E-state index is -1.05. The summed E-state index contributed by atoms with van der Waals surface area (Å²) >= 11 is 0. The zero-order chi connectivity index (χ0) is 23.7. The fourth-order valence-corrected chi connectivity index (χ4v) is 3.20. The third-order valence-electron chi connectivity index (χ3n) is 4.72. The van der Waals surface area contributed by atoms with Gasteiger partial charge in [-0.25, -0.2) is 4.79 Å². The molecule has 32 heavy (non-hydrogen) atoms. The summed E-state index contributed by atoms with van der Waals surface area (Å²) in [5, 5.41) is 22.7. The van der Waals surface area contributed by atoms with E-state index in [1.54, 1.807) is 19.1 Å². The van der Waals surface area contributed by atoms with Gasteiger partial charge in [0.25, 0.3) is 5.91 Å². The van der Waals surface area contributed by atoms with Crippen molar-refractivity contribution in [3.8, 4) is 11.9 Å². The maximum Gasteiger partial charge on any atom is 0.430 e. The second-order valence-corrected chi connectivity index (χ2v) is 7.06. The van der Waals surface area contributed by atoms with Crippen molar-refractivity contribution in [1.29, 1.82) is 5.26 Å². The second kappa shape index (κ2) is 11.3. The number of phenolic OH excluding ortho intramolecular Hbond substituents is 1. The Morgan fingerprint density at radius 3 is 2.56 bits per heavy atom. The lowest BCUT2D eigenvalue weighted by atomic mass is 9.94. The molecule has 0 aliphatic rings. The van der Waals surface area contributed by atoms with Crippen LogP contribution in [0, 0.1) is 25.3 Å². The molecule has 0 bridgehead atoms. The van der Waals surface area contributed by atoms with Crippen molar-refractivity contribution < 1.29 is 19.4 Å². The summed E-state index contributed by atoms with van der Waals surface area (Å²) in [6.07, 6.45) is 4.31. The molecular weight excluding hydrogens is 408 g/mol. The number of benzene rings is 2. The zero-order valence-electron chi connectivity index (χ0n) is 18.4. The molecule has 0 unspecified atom stereocenters. The number of ether oxygens (including phenoxy) is 1. The Hall–Kier alpha value is -4.12. The number of hydrazone groups is 1. The van der Waals surface area contributed by atoms with Crippen molar-refractivity contribution in [3.63, 3.8) is 0 Å². The topological polar surface area (TPSA) is 115 Å². The number of hydrogen-bond donors (Lipinski definition) is 2. The van der Waals surface area contributed by atoms with Gasteiger partial charge >= 0.3 is 6.09 Å². The fraction of sp³-hybridized carbons (Fsp3) is 0.250. The Labute approximate surface area is 187 Å². The standard InChI is InChI=1S/C24H26N4O4/c1-5-7-19-12-18(8-9-22(19)29)13-21-16(3)10-20(11-17(21)4)27-26-14-23(30)28(15-25)24(31)32-6-2/h5,8-12,14,27,29H,1,6-7,13H2,2-4H3/b26-14+. The molecule has 166 valence electrons. The van der Waals surface area contributed by atoms with E-state index in [9.17, 15) is 14.7 Å². The van der Waals surface area contributed by atoms with E-state index >= 15 is 0 Å². The van der Waals surface area contributed by atoms with E-state index in [-0.39, 0.29) is 17.3 Å². The van der Waals surface area contributed by atoms with Crippen LogP contribution in [0.3, 0.4) is 0 Å². The number of nitrogens with zero attached hydrogens (tertiary/aromatic N) is 3. The molecule has 0 aliphatic heterocycles. The highest BCUT2D eigenvalue weighted by molar-refractivity contribution is 6.30. The Morgan fingerprint density at radius 1 is 1.28 bits per heavy atom. The van der Waals surface area contributed by atoms with Crippen LogP contribution in [-0.4, -0.2) is 34.8 Å². The van der Waals surface area contributed by atoms with Gasteiger partial charge in [-0.2, -0.15) is 10.4 Å². The predicted octanol–water partition coefficient (Wildman–Crippen LogP) is 4.19. The number of allylic oxidation sites excluding steroid dienone is 1. The Balaban J connectivity index is 2.13. The van der Waals surface area contributed by atoms with Crippen LogP contribution in [0.15, 0.2) is 48.1 Å². The van der Waals surface area contributed by atoms with Crippen LogP contribution in [0.1, 0.15) is 34.7 Å². The van der Waals surface area contributed by atoms with E-state index in [1.165, 1.54) is 6.19 Å². The van der Waals surface area contributed by atoms with Gasteiger partial charge in [0.05, 0.1) is 12.3 Å². The van der Waals surface area contributed by atoms with Crippen molar-refractivity contribution in [1.82, 2.24) is 4.90 Å². The highest BCUT2D eigenvalue weighted by Crippen LogP contribution is 2.26. The molecule has 2 amide bonds. The number of nitriles is 1. The monoisotopic (exact) mass is 434 g/mol. The zero-order valence-corrected chi connectivity index (χ0v) is 18.4. The molecule has 2 aromatic carbocycles. The first kappa shape index (κ1) is 24.2. The van der Waals surface area contributed by atoms with E-state index in [0.29, 0.717) is 18.5 Å². The van der Waals surface area contributed by atoms with Crippen molar-refractivity contribution in [2.24, 2.45) is 5.10 Å². The first-order valence-corrected chi connectivity index (χ1v) is 10.0. The number of phenols is 1. The highest BCUT2D eigenvalue weighted by atomic mass is 16.6. The normalized spacial score (nSPS) is 10.4. The first-order valence-electron chi connectivity index (χ1n) is 10.0. The molecule has 0 aliphatic carbocycles. The van der Waals surface area contributed by atoms with Crippen LogP contribution in [0.4, 0.5) is 10.5 Å². The number of amides is 2. The predicted molar refractivity (Wildman–Crippen MR) is 122 cm³/mol. The number of aryl methyl sites for hydroxylation is 2. The minimum Gasteiger partial charge on any atom is -0.508 e. The number of carbonyl (C=O) groups is 2. The summed E-state index contributed by atoms with van der Waals surface area (Å²) in [5.41, 5.74) is 8.51. The van der Waals surface area contributed by atoms with Crippen LogP contribution < -0.4 is 5.43 Å². The van der Waals surface area contributed by atoms with Crippen LogP contribution in [0.25, 0.3) is 0 Å². The molecule has 2 rings (SSSR count). The van der Waals surface area contributed by atoms with Crippen molar-refractivity contribution in [2.45, 2.75) is 33.6 Å². The molecule has 0 saturated carbocycles. The van der Waals surface area contributed by atoms with Gasteiger partial charge in [-0.1, -0.05) is 18.2 Å². The molecule has 0 heterocycles. The number of imide groups is 1. The quantitative estimate of drug-likeness (QED) is 0.212. The lowest BCUT2D eigenvalue weighted by Gasteiger charge is -2.14. The molecule has 0 radical (unpaired) electrons. The number of rotatable bonds is 8. The summed E-state index contributed by atoms with van der Waals surface area (Å²) in [6.45, 7) is 9.30. The van der Waals surface area contributed by atoms with Crippen LogP contribution >= 0.6 is 0 Å². The summed E-state index contributed by atoms with van der Waals surface area (Å²) in [4.78, 5) is 23.8. The largest absolute Gasteiger partial charge is 0.508 e. The molecule has 0 atom stereocenters. The van der Waals surface area contributed by atoms with Gasteiger partial charge in [-0.3, -0.25) is 10.2 Å². The first-order chi connectivity index (χ1) is 15.3. The summed E-state index contributed by atoms with van der Waals surface area (Å²) < 4.78 is 4.64. The van der Waals surface area contributed by atoms with Gasteiger partial charge in [-0.05, 0) is 79.6 Å². The molecule has 8 heteroatoms. The molecule has 2 N–H and O–H groups in total. The summed E-state index contributed by atoms with van der Waals surface area (Å²) in [5.74, 6) is -0.654. The average molecular weight is 434 g/mol. The Kier molecular flexibility index (Phi) is 8.54. The van der Waals surface area contributed by atoms with Gasteiger partial charge in [0.15, 0.2) is 6.19 Å². The molecule has 0 saturated heterocycles. The number of nitrogens with one attached hydrogen (secondary N) is 1. The third-order valence-corrected chi connectivity index (χ3v) is 4.72. The van der Waals surface area contributed by atoms with E-state index in [4.69, 9.17) is 5.26 Å². The van der Waals surface area contributed by atoms with Crippen LogP contribution in [0.2, 0.25) is 0 Å². The number of carbonyl (C=O) groups excluding carboxylic acids is 2. The number of anilines is 1. The van der Waals surface area contributed by atoms with Gasteiger partial charge < -0.3 is 9.84 Å². The lowest BCUT2D eigenvalue weighted by Crippen LogP contribution is -2.34. The number of aromatic hydroxyl groups is 1. The van der Waals surface area contributed by atoms with E-state index in [1.807, 2.05) is 38.1 Å². The average Bonchev–Trinajstić information content (AvgIpc) is 2.74. The minimum absolute atomic E-state index is 0.0459. The van der Waals surface area contributed by atoms with Crippen molar-refractivity contribution >= 4 is 23.9 Å². The van der Waals surface area contributed by atoms with Crippen molar-refractivity contribution in [3.05, 3.63) is 70.8 Å². The van der Waals surface area contributed by atoms with Gasteiger partial charge in [0.1, 0.15) is 12.0 Å². The summed E-state index contributed by atoms with van der Waals surface area (Å²) in [6, 6.07) is 9.35. The van der Waals surface area contributed by atoms with Crippen LogP contribution in [-0.2, 0) is 22.4 Å². The Bertz CT molecular complexity index is 1060.